The maximum Gasteiger partial charge on any atom is 0.319 e. The summed E-state index contributed by atoms with van der Waals surface area (Å²) < 4.78 is 6.87. The molecule has 0 heterocycles. The van der Waals surface area contributed by atoms with Crippen molar-refractivity contribution in [2.75, 3.05) is 5.33 Å². The molecule has 1 nitrogen and oxygen atoms in total. The molecule has 0 saturated carbocycles. The fourth-order valence-electron chi connectivity index (χ4n) is 3.39. The Morgan fingerprint density at radius 2 is 1.48 bits per heavy atom. The van der Waals surface area contributed by atoms with Crippen LogP contribution >= 0.6 is 31.9 Å². The van der Waals surface area contributed by atoms with Gasteiger partial charge in [-0.3, -0.25) is 0 Å². The molecule has 0 aromatic heterocycles. The van der Waals surface area contributed by atoms with E-state index in [2.05, 4.69) is 119 Å². The standard InChI is InChI=1S/C23H28Br2OSi/c1-23(2,3)27(21-12-6-4-7-13-21,22-14-8-5-9-15-22)26-19-20(16-18-25)11-10-17-24/h4-9,12-16,18-19H,10-11,17H2,1-3H3/b18-16+,20-19+. The van der Waals surface area contributed by atoms with E-state index in [0.29, 0.717) is 0 Å². The lowest BCUT2D eigenvalue weighted by Crippen LogP contribution is -2.65. The molecule has 27 heavy (non-hydrogen) atoms. The van der Waals surface area contributed by atoms with Crippen LogP contribution in [-0.2, 0) is 4.43 Å². The molecule has 144 valence electrons. The average molecular weight is 508 g/mol. The van der Waals surface area contributed by atoms with Crippen LogP contribution in [0.5, 0.6) is 0 Å². The highest BCUT2D eigenvalue weighted by molar-refractivity contribution is 9.11. The highest BCUT2D eigenvalue weighted by atomic mass is 79.9. The van der Waals surface area contributed by atoms with Crippen LogP contribution in [0.4, 0.5) is 0 Å². The van der Waals surface area contributed by atoms with Crippen molar-refractivity contribution >= 4 is 50.6 Å². The van der Waals surface area contributed by atoms with Crippen LogP contribution in [0, 0.1) is 0 Å². The summed E-state index contributed by atoms with van der Waals surface area (Å²) in [6.07, 6.45) is 6.14. The molecule has 0 amide bonds. The van der Waals surface area contributed by atoms with E-state index in [9.17, 15) is 0 Å². The molecule has 0 saturated heterocycles. The molecule has 0 aliphatic rings. The van der Waals surface area contributed by atoms with Gasteiger partial charge in [0.05, 0.1) is 6.26 Å². The molecule has 0 radical (unpaired) electrons. The van der Waals surface area contributed by atoms with Gasteiger partial charge in [0.1, 0.15) is 0 Å². The summed E-state index contributed by atoms with van der Waals surface area (Å²) in [6.45, 7) is 6.89. The maximum absolute atomic E-state index is 6.87. The minimum absolute atomic E-state index is 0.0230. The Morgan fingerprint density at radius 3 is 1.89 bits per heavy atom. The molecule has 0 N–H and O–H groups in total. The first kappa shape index (κ1) is 22.2. The van der Waals surface area contributed by atoms with Gasteiger partial charge in [0.25, 0.3) is 0 Å². The Bertz CT molecular complexity index is 709. The largest absolute Gasteiger partial charge is 0.539 e. The quantitative estimate of drug-likeness (QED) is 0.171. The fourth-order valence-corrected chi connectivity index (χ4v) is 8.35. The van der Waals surface area contributed by atoms with Crippen LogP contribution in [-0.4, -0.2) is 13.6 Å². The van der Waals surface area contributed by atoms with Crippen molar-refractivity contribution in [3.05, 3.63) is 83.6 Å². The first-order chi connectivity index (χ1) is 13.0. The lowest BCUT2D eigenvalue weighted by molar-refractivity contribution is 0.440. The van der Waals surface area contributed by atoms with Gasteiger partial charge >= 0.3 is 8.32 Å². The third-order valence-electron chi connectivity index (χ3n) is 4.68. The second-order valence-electron chi connectivity index (χ2n) is 7.56. The first-order valence-corrected chi connectivity index (χ1v) is 13.2. The van der Waals surface area contributed by atoms with Crippen LogP contribution in [0.1, 0.15) is 33.6 Å². The zero-order chi connectivity index (χ0) is 19.8. The van der Waals surface area contributed by atoms with E-state index in [1.54, 1.807) is 0 Å². The van der Waals surface area contributed by atoms with Crippen molar-refractivity contribution < 1.29 is 4.43 Å². The van der Waals surface area contributed by atoms with Gasteiger partial charge in [-0.05, 0) is 44.9 Å². The lowest BCUT2D eigenvalue weighted by Gasteiger charge is -2.42. The summed E-state index contributed by atoms with van der Waals surface area (Å²) in [4.78, 5) is 1.90. The Balaban J connectivity index is 2.62. The minimum Gasteiger partial charge on any atom is -0.539 e. The van der Waals surface area contributed by atoms with Gasteiger partial charge in [0.15, 0.2) is 0 Å². The Labute approximate surface area is 181 Å². The van der Waals surface area contributed by atoms with Crippen molar-refractivity contribution in [3.63, 3.8) is 0 Å². The molecule has 0 aliphatic heterocycles. The van der Waals surface area contributed by atoms with Crippen molar-refractivity contribution in [3.8, 4) is 0 Å². The molecule has 2 aromatic carbocycles. The normalized spacial score (nSPS) is 13.1. The third kappa shape index (κ3) is 5.46. The number of benzene rings is 2. The van der Waals surface area contributed by atoms with Gasteiger partial charge in [0, 0.05) is 5.33 Å². The zero-order valence-electron chi connectivity index (χ0n) is 16.3. The van der Waals surface area contributed by atoms with Gasteiger partial charge < -0.3 is 4.43 Å². The highest BCUT2D eigenvalue weighted by Gasteiger charge is 2.51. The number of halogens is 2. The summed E-state index contributed by atoms with van der Waals surface area (Å²) in [5.41, 5.74) is 1.19. The second kappa shape index (κ2) is 10.4. The van der Waals surface area contributed by atoms with Gasteiger partial charge in [-0.25, -0.2) is 0 Å². The monoisotopic (exact) mass is 506 g/mol. The molecular formula is C23H28Br2OSi. The fraction of sp³-hybridized carbons (Fsp3) is 0.304. The van der Waals surface area contributed by atoms with Gasteiger partial charge in [-0.1, -0.05) is 113 Å². The number of alkyl halides is 1. The molecular weight excluding hydrogens is 480 g/mol. The molecule has 0 atom stereocenters. The first-order valence-electron chi connectivity index (χ1n) is 9.26. The maximum atomic E-state index is 6.87. The molecule has 0 fully saturated rings. The van der Waals surface area contributed by atoms with Crippen LogP contribution in [0.2, 0.25) is 5.04 Å². The van der Waals surface area contributed by atoms with Crippen LogP contribution in [0.25, 0.3) is 0 Å². The van der Waals surface area contributed by atoms with E-state index in [1.165, 1.54) is 15.9 Å². The minimum atomic E-state index is -2.52. The van der Waals surface area contributed by atoms with E-state index >= 15 is 0 Å². The Hall–Kier alpha value is -1.10. The van der Waals surface area contributed by atoms with Crippen LogP contribution < -0.4 is 10.4 Å². The summed E-state index contributed by atoms with van der Waals surface area (Å²) in [5.74, 6) is 0. The molecule has 0 bridgehead atoms. The van der Waals surface area contributed by atoms with Gasteiger partial charge in [0.2, 0.25) is 0 Å². The molecule has 4 heteroatoms. The van der Waals surface area contributed by atoms with Gasteiger partial charge in [-0.15, -0.1) is 0 Å². The number of hydrogen-bond donors (Lipinski definition) is 0. The topological polar surface area (TPSA) is 9.23 Å². The van der Waals surface area contributed by atoms with Crippen molar-refractivity contribution in [1.82, 2.24) is 0 Å². The number of allylic oxidation sites excluding steroid dienone is 2. The number of rotatable bonds is 8. The molecule has 2 aromatic rings. The highest BCUT2D eigenvalue weighted by Crippen LogP contribution is 2.37. The summed E-state index contributed by atoms with van der Waals surface area (Å²) >= 11 is 6.94. The molecule has 0 aliphatic carbocycles. The Kier molecular flexibility index (Phi) is 8.58. The molecule has 0 unspecified atom stereocenters. The van der Waals surface area contributed by atoms with Crippen molar-refractivity contribution in [2.45, 2.75) is 38.7 Å². The van der Waals surface area contributed by atoms with E-state index in [0.717, 1.165) is 18.2 Å². The smallest absolute Gasteiger partial charge is 0.319 e. The van der Waals surface area contributed by atoms with Crippen molar-refractivity contribution in [1.29, 1.82) is 0 Å². The Morgan fingerprint density at radius 1 is 0.963 bits per heavy atom. The van der Waals surface area contributed by atoms with Gasteiger partial charge in [-0.2, -0.15) is 0 Å². The lowest BCUT2D eigenvalue weighted by atomic mass is 10.2. The van der Waals surface area contributed by atoms with Crippen LogP contribution in [0.15, 0.2) is 83.6 Å². The summed E-state index contributed by atoms with van der Waals surface area (Å²) in [7, 11) is -2.52. The van der Waals surface area contributed by atoms with E-state index < -0.39 is 8.32 Å². The van der Waals surface area contributed by atoms with E-state index in [1.807, 2.05) is 11.2 Å². The molecule has 2 rings (SSSR count). The second-order valence-corrected chi connectivity index (χ2v) is 13.1. The SMILES string of the molecule is CC(C)(C)[Si](O/C=C(/C=C/Br)CCCBr)(c1ccccc1)c1ccccc1. The molecule has 0 spiro atoms. The van der Waals surface area contributed by atoms with Crippen molar-refractivity contribution in [2.24, 2.45) is 0 Å². The zero-order valence-corrected chi connectivity index (χ0v) is 20.5. The predicted octanol–water partition coefficient (Wildman–Crippen LogP) is 6.53. The third-order valence-corrected chi connectivity index (χ3v) is 10.4. The van der Waals surface area contributed by atoms with E-state index in [-0.39, 0.29) is 5.04 Å². The summed E-state index contributed by atoms with van der Waals surface area (Å²) in [5, 5.41) is 3.55. The number of hydrogen-bond acceptors (Lipinski definition) is 1. The average Bonchev–Trinajstić information content (AvgIpc) is 2.67. The van der Waals surface area contributed by atoms with E-state index in [4.69, 9.17) is 4.43 Å². The summed E-state index contributed by atoms with van der Waals surface area (Å²) in [6, 6.07) is 21.5. The van der Waals surface area contributed by atoms with Crippen LogP contribution in [0.3, 0.4) is 0 Å². The predicted molar refractivity (Wildman–Crippen MR) is 128 cm³/mol.